The number of Topliss-reactive ketones (excluding diaryl/α,β-unsaturated/α-hetero) is 1. The fourth-order valence-corrected chi connectivity index (χ4v) is 3.37. The van der Waals surface area contributed by atoms with E-state index in [-0.39, 0.29) is 30.8 Å². The van der Waals surface area contributed by atoms with Gasteiger partial charge < -0.3 is 24.7 Å². The van der Waals surface area contributed by atoms with Gasteiger partial charge in [0.1, 0.15) is 12.1 Å². The van der Waals surface area contributed by atoms with E-state index in [1.165, 1.54) is 14.0 Å². The molecule has 1 saturated carbocycles. The van der Waals surface area contributed by atoms with Crippen LogP contribution in [0, 0.1) is 0 Å². The van der Waals surface area contributed by atoms with Crippen LogP contribution in [0.1, 0.15) is 56.5 Å². The summed E-state index contributed by atoms with van der Waals surface area (Å²) in [7, 11) is 1.28. The van der Waals surface area contributed by atoms with Crippen molar-refractivity contribution in [3.63, 3.8) is 0 Å². The number of aromatic nitrogens is 1. The molecule has 1 fully saturated rings. The molecule has 0 saturated heterocycles. The summed E-state index contributed by atoms with van der Waals surface area (Å²) in [5, 5.41) is 6.18. The molecule has 0 atom stereocenters. The van der Waals surface area contributed by atoms with Crippen LogP contribution < -0.4 is 10.6 Å². The maximum atomic E-state index is 12.4. The highest BCUT2D eigenvalue weighted by Crippen LogP contribution is 2.30. The summed E-state index contributed by atoms with van der Waals surface area (Å²) in [6.45, 7) is 6.66. The molecule has 9 nitrogen and oxygen atoms in total. The van der Waals surface area contributed by atoms with Crippen LogP contribution in [0.25, 0.3) is 10.9 Å². The summed E-state index contributed by atoms with van der Waals surface area (Å²) >= 11 is 0. The molecule has 0 aliphatic heterocycles. The fraction of sp³-hybridized carbons (Fsp3) is 0.478. The minimum absolute atomic E-state index is 0.0848. The summed E-state index contributed by atoms with van der Waals surface area (Å²) in [6.07, 6.45) is 3.37. The number of ether oxygens (including phenoxy) is 2. The number of carbonyl (C=O) groups is 4. The van der Waals surface area contributed by atoms with E-state index in [0.29, 0.717) is 27.7 Å². The smallest absolute Gasteiger partial charge is 0.326 e. The number of ketones is 1. The van der Waals surface area contributed by atoms with Gasteiger partial charge in [-0.15, -0.1) is 0 Å². The van der Waals surface area contributed by atoms with Crippen LogP contribution in [0.3, 0.4) is 0 Å². The van der Waals surface area contributed by atoms with Gasteiger partial charge >= 0.3 is 18.0 Å². The van der Waals surface area contributed by atoms with Gasteiger partial charge in [-0.2, -0.15) is 0 Å². The third kappa shape index (κ3) is 5.87. The average Bonchev–Trinajstić information content (AvgIpc) is 3.41. The molecule has 0 bridgehead atoms. The van der Waals surface area contributed by atoms with Gasteiger partial charge in [-0.3, -0.25) is 14.4 Å². The predicted molar refractivity (Wildman–Crippen MR) is 119 cm³/mol. The van der Waals surface area contributed by atoms with Crippen molar-refractivity contribution in [1.29, 1.82) is 0 Å². The number of esters is 2. The number of carbonyl (C=O) groups excluding carboxylic acids is 4. The van der Waals surface area contributed by atoms with Crippen LogP contribution in [-0.2, 0) is 32.0 Å². The second-order valence-electron chi connectivity index (χ2n) is 8.97. The van der Waals surface area contributed by atoms with Gasteiger partial charge in [0.25, 0.3) is 0 Å². The second kappa shape index (κ2) is 9.02. The first kappa shape index (κ1) is 23.3. The van der Waals surface area contributed by atoms with E-state index >= 15 is 0 Å². The van der Waals surface area contributed by atoms with Gasteiger partial charge in [-0.05, 0) is 58.2 Å². The molecule has 1 aromatic heterocycles. The lowest BCUT2D eigenvalue weighted by molar-refractivity contribution is -0.155. The number of rotatable bonds is 7. The molecule has 1 aliphatic rings. The molecular formula is C23H29N3O6. The Bertz CT molecular complexity index is 1080. The molecule has 1 aliphatic carbocycles. The van der Waals surface area contributed by atoms with Crippen LogP contribution in [-0.4, -0.2) is 47.1 Å². The standard InChI is InChI=1S/C23H29N3O6/c1-13(27)17-11-26(12-21(29)32-23(2,3)4)19-8-14(9-20(28)31-5)18(10-16(17)19)25-22(30)24-15-6-7-15/h8,10-11,15H,6-7,9,12H2,1-5H3,(H2,24,25,30). The van der Waals surface area contributed by atoms with Crippen LogP contribution in [0.15, 0.2) is 18.3 Å². The lowest BCUT2D eigenvalue weighted by Gasteiger charge is -2.20. The van der Waals surface area contributed by atoms with E-state index in [4.69, 9.17) is 9.47 Å². The number of fused-ring (bicyclic) bond motifs is 1. The number of nitrogens with zero attached hydrogens (tertiary/aromatic N) is 1. The zero-order valence-electron chi connectivity index (χ0n) is 19.0. The number of hydrogen-bond acceptors (Lipinski definition) is 6. The molecule has 2 N–H and O–H groups in total. The highest BCUT2D eigenvalue weighted by molar-refractivity contribution is 6.09. The molecule has 0 spiro atoms. The molecular weight excluding hydrogens is 414 g/mol. The quantitative estimate of drug-likeness (QED) is 0.502. The molecule has 0 radical (unpaired) electrons. The summed E-state index contributed by atoms with van der Waals surface area (Å²) < 4.78 is 11.8. The van der Waals surface area contributed by atoms with Gasteiger partial charge in [-0.1, -0.05) is 0 Å². The molecule has 0 unspecified atom stereocenters. The SMILES string of the molecule is COC(=O)Cc1cc2c(cc1NC(=O)NC1CC1)c(C(C)=O)cn2CC(=O)OC(C)(C)C. The fourth-order valence-electron chi connectivity index (χ4n) is 3.37. The highest BCUT2D eigenvalue weighted by Gasteiger charge is 2.25. The van der Waals surface area contributed by atoms with Crippen molar-refractivity contribution >= 4 is 40.3 Å². The lowest BCUT2D eigenvalue weighted by atomic mass is 10.0. The number of amides is 2. The lowest BCUT2D eigenvalue weighted by Crippen LogP contribution is -2.30. The first-order chi connectivity index (χ1) is 15.0. The van der Waals surface area contributed by atoms with Crippen molar-refractivity contribution in [3.05, 3.63) is 29.5 Å². The second-order valence-corrected chi connectivity index (χ2v) is 8.97. The Kier molecular flexibility index (Phi) is 6.57. The van der Waals surface area contributed by atoms with Gasteiger partial charge in [-0.25, -0.2) is 4.79 Å². The number of anilines is 1. The Morgan fingerprint density at radius 2 is 1.81 bits per heavy atom. The van der Waals surface area contributed by atoms with Gasteiger partial charge in [0.2, 0.25) is 0 Å². The summed E-state index contributed by atoms with van der Waals surface area (Å²) in [6, 6.07) is 3.12. The minimum atomic E-state index is -0.647. The maximum absolute atomic E-state index is 12.4. The Balaban J connectivity index is 2.04. The van der Waals surface area contributed by atoms with Crippen molar-refractivity contribution in [2.75, 3.05) is 12.4 Å². The molecule has 1 heterocycles. The van der Waals surface area contributed by atoms with E-state index in [1.807, 2.05) is 0 Å². The number of benzene rings is 1. The summed E-state index contributed by atoms with van der Waals surface area (Å²) in [4.78, 5) is 49.0. The Morgan fingerprint density at radius 3 is 2.38 bits per heavy atom. The van der Waals surface area contributed by atoms with E-state index in [2.05, 4.69) is 10.6 Å². The number of methoxy groups -OCH3 is 1. The van der Waals surface area contributed by atoms with E-state index in [1.54, 1.807) is 43.7 Å². The molecule has 172 valence electrons. The van der Waals surface area contributed by atoms with Crippen LogP contribution in [0.5, 0.6) is 0 Å². The average molecular weight is 444 g/mol. The number of hydrogen-bond donors (Lipinski definition) is 2. The molecule has 3 rings (SSSR count). The van der Waals surface area contributed by atoms with Crippen molar-refractivity contribution in [3.8, 4) is 0 Å². The van der Waals surface area contributed by atoms with Crippen LogP contribution in [0.4, 0.5) is 10.5 Å². The predicted octanol–water partition coefficient (Wildman–Crippen LogP) is 3.19. The zero-order valence-corrected chi connectivity index (χ0v) is 19.0. The monoisotopic (exact) mass is 443 g/mol. The number of nitrogens with one attached hydrogen (secondary N) is 2. The van der Waals surface area contributed by atoms with Crippen LogP contribution >= 0.6 is 0 Å². The van der Waals surface area contributed by atoms with Crippen LogP contribution in [0.2, 0.25) is 0 Å². The van der Waals surface area contributed by atoms with E-state index in [0.717, 1.165) is 12.8 Å². The highest BCUT2D eigenvalue weighted by atomic mass is 16.6. The van der Waals surface area contributed by atoms with Gasteiger partial charge in [0.15, 0.2) is 5.78 Å². The van der Waals surface area contributed by atoms with Gasteiger partial charge in [0, 0.05) is 34.4 Å². The van der Waals surface area contributed by atoms with E-state index in [9.17, 15) is 19.2 Å². The molecule has 2 amide bonds. The Hall–Kier alpha value is -3.36. The van der Waals surface area contributed by atoms with Crippen molar-refractivity contribution in [2.24, 2.45) is 0 Å². The summed E-state index contributed by atoms with van der Waals surface area (Å²) in [5.74, 6) is -1.12. The Morgan fingerprint density at radius 1 is 1.12 bits per heavy atom. The van der Waals surface area contributed by atoms with Crippen molar-refractivity contribution in [2.45, 2.75) is 65.1 Å². The summed E-state index contributed by atoms with van der Waals surface area (Å²) in [5.41, 5.74) is 1.24. The third-order valence-electron chi connectivity index (χ3n) is 4.93. The normalized spacial score (nSPS) is 13.5. The first-order valence-corrected chi connectivity index (χ1v) is 10.5. The van der Waals surface area contributed by atoms with Crippen molar-refractivity contribution < 1.29 is 28.7 Å². The molecule has 32 heavy (non-hydrogen) atoms. The first-order valence-electron chi connectivity index (χ1n) is 10.5. The van der Waals surface area contributed by atoms with Crippen molar-refractivity contribution in [1.82, 2.24) is 9.88 Å². The largest absolute Gasteiger partial charge is 0.469 e. The number of urea groups is 1. The zero-order chi connectivity index (χ0) is 23.6. The molecule has 2 aromatic rings. The third-order valence-corrected chi connectivity index (χ3v) is 4.93. The maximum Gasteiger partial charge on any atom is 0.326 e. The Labute approximate surface area is 186 Å². The van der Waals surface area contributed by atoms with E-state index < -0.39 is 17.5 Å². The topological polar surface area (TPSA) is 116 Å². The van der Waals surface area contributed by atoms with Gasteiger partial charge in [0.05, 0.1) is 13.5 Å². The molecule has 1 aromatic carbocycles. The minimum Gasteiger partial charge on any atom is -0.469 e. The molecule has 9 heteroatoms.